The van der Waals surface area contributed by atoms with Crippen LogP contribution in [0.3, 0.4) is 0 Å². The second-order valence-corrected chi connectivity index (χ2v) is 4.92. The summed E-state index contributed by atoms with van der Waals surface area (Å²) in [5.41, 5.74) is -14.8. The predicted octanol–water partition coefficient (Wildman–Crippen LogP) is 6.68. The average molecular weight is 464 g/mol. The van der Waals surface area contributed by atoms with Gasteiger partial charge in [-0.3, -0.25) is 0 Å². The molecule has 0 radical (unpaired) electrons. The third kappa shape index (κ3) is 3.81. The Kier molecular flexibility index (Phi) is 6.14. The van der Waals surface area contributed by atoms with E-state index < -0.39 is 60.0 Å². The zero-order valence-corrected chi connectivity index (χ0v) is 12.0. The Morgan fingerprint density at radius 2 is 0.607 bits per heavy atom. The standard InChI is InChI=1S/C10H2F18/c11-4(9(23,24)25,5(12,13)10(26,27)28)2-1-3(6(14,15)16,7(17,18)19)8(20,21)22/h1-2H. The first kappa shape index (κ1) is 26.5. The molecule has 0 spiro atoms. The zero-order chi connectivity index (χ0) is 23.4. The van der Waals surface area contributed by atoms with Crippen LogP contribution in [-0.2, 0) is 0 Å². The van der Waals surface area contributed by atoms with Crippen LogP contribution in [0.4, 0.5) is 79.0 Å². The molecular weight excluding hydrogens is 462 g/mol. The van der Waals surface area contributed by atoms with E-state index in [0.717, 1.165) is 0 Å². The van der Waals surface area contributed by atoms with Crippen molar-refractivity contribution in [2.24, 2.45) is 5.41 Å². The van der Waals surface area contributed by atoms with Crippen molar-refractivity contribution < 1.29 is 79.0 Å². The molecule has 0 bridgehead atoms. The van der Waals surface area contributed by atoms with Crippen molar-refractivity contribution >= 4 is 0 Å². The molecule has 0 aliphatic heterocycles. The highest BCUT2D eigenvalue weighted by atomic mass is 19.4. The van der Waals surface area contributed by atoms with Gasteiger partial charge in [-0.25, -0.2) is 4.39 Å². The van der Waals surface area contributed by atoms with Crippen LogP contribution in [0, 0.1) is 5.41 Å². The number of allylic oxidation sites excluding steroid dienone is 2. The lowest BCUT2D eigenvalue weighted by Crippen LogP contribution is -2.62. The van der Waals surface area contributed by atoms with Gasteiger partial charge in [-0.2, -0.15) is 74.6 Å². The summed E-state index contributed by atoms with van der Waals surface area (Å²) in [6, 6.07) is 0. The van der Waals surface area contributed by atoms with Gasteiger partial charge in [0.25, 0.3) is 11.1 Å². The predicted molar refractivity (Wildman–Crippen MR) is 50.6 cm³/mol. The van der Waals surface area contributed by atoms with E-state index in [1.165, 1.54) is 0 Å². The van der Waals surface area contributed by atoms with Crippen LogP contribution in [0.25, 0.3) is 0 Å². The van der Waals surface area contributed by atoms with Crippen LogP contribution in [-0.4, -0.2) is 42.5 Å². The van der Waals surface area contributed by atoms with E-state index in [1.807, 2.05) is 0 Å². The number of hydrogen-bond acceptors (Lipinski definition) is 0. The Hall–Kier alpha value is -1.52. The van der Waals surface area contributed by atoms with E-state index in [2.05, 4.69) is 0 Å². The monoisotopic (exact) mass is 464 g/mol. The largest absolute Gasteiger partial charge is 0.457 e. The van der Waals surface area contributed by atoms with E-state index in [-0.39, 0.29) is 0 Å². The molecule has 0 nitrogen and oxygen atoms in total. The molecule has 0 heterocycles. The summed E-state index contributed by atoms with van der Waals surface area (Å²) in [6.07, 6.45) is -43.8. The van der Waals surface area contributed by atoms with Crippen LogP contribution < -0.4 is 0 Å². The summed E-state index contributed by atoms with van der Waals surface area (Å²) < 4.78 is 224. The third-order valence-electron chi connectivity index (χ3n) is 3.13. The van der Waals surface area contributed by atoms with Crippen molar-refractivity contribution in [2.75, 3.05) is 0 Å². The van der Waals surface area contributed by atoms with Gasteiger partial charge in [0.1, 0.15) is 0 Å². The zero-order valence-electron chi connectivity index (χ0n) is 12.0. The van der Waals surface area contributed by atoms with Gasteiger partial charge in [-0.15, -0.1) is 0 Å². The van der Waals surface area contributed by atoms with Gasteiger partial charge in [0.15, 0.2) is 0 Å². The topological polar surface area (TPSA) is 0 Å². The van der Waals surface area contributed by atoms with E-state index in [0.29, 0.717) is 0 Å². The first-order valence-corrected chi connectivity index (χ1v) is 5.81. The molecule has 0 saturated heterocycles. The highest BCUT2D eigenvalue weighted by Gasteiger charge is 2.84. The summed E-state index contributed by atoms with van der Waals surface area (Å²) in [4.78, 5) is 0. The van der Waals surface area contributed by atoms with Crippen molar-refractivity contribution in [3.05, 3.63) is 12.2 Å². The summed E-state index contributed by atoms with van der Waals surface area (Å²) in [5, 5.41) is 0. The van der Waals surface area contributed by atoms with E-state index in [4.69, 9.17) is 0 Å². The first-order valence-electron chi connectivity index (χ1n) is 5.81. The fourth-order valence-electron chi connectivity index (χ4n) is 1.59. The van der Waals surface area contributed by atoms with Crippen LogP contribution in [0.15, 0.2) is 12.2 Å². The van der Waals surface area contributed by atoms with Gasteiger partial charge in [0, 0.05) is 0 Å². The molecule has 28 heavy (non-hydrogen) atoms. The second-order valence-electron chi connectivity index (χ2n) is 4.92. The van der Waals surface area contributed by atoms with Gasteiger partial charge in [-0.1, -0.05) is 6.08 Å². The highest BCUT2D eigenvalue weighted by Crippen LogP contribution is 2.61. The minimum absolute atomic E-state index is 2.80. The Bertz CT molecular complexity index is 540. The quantitative estimate of drug-likeness (QED) is 0.323. The number of alkyl halides is 18. The smallest absolute Gasteiger partial charge is 0.222 e. The molecule has 18 heteroatoms. The maximum Gasteiger partial charge on any atom is 0.457 e. The molecule has 0 rings (SSSR count). The van der Waals surface area contributed by atoms with Gasteiger partial charge in [0.2, 0.25) is 0 Å². The van der Waals surface area contributed by atoms with Gasteiger partial charge < -0.3 is 0 Å². The Balaban J connectivity index is 7.14. The summed E-state index contributed by atoms with van der Waals surface area (Å²) >= 11 is 0. The van der Waals surface area contributed by atoms with Crippen molar-refractivity contribution in [1.82, 2.24) is 0 Å². The van der Waals surface area contributed by atoms with Crippen molar-refractivity contribution in [3.63, 3.8) is 0 Å². The number of hydrogen-bond donors (Lipinski definition) is 0. The Labute approximate surface area is 140 Å². The SMILES string of the molecule is FC(F)(F)C(F)(F)C(F)(C=CC(C(F)(F)F)(C(F)(F)F)C(F)(F)F)C(F)(F)F. The molecule has 0 amide bonds. The van der Waals surface area contributed by atoms with Crippen molar-refractivity contribution in [3.8, 4) is 0 Å². The van der Waals surface area contributed by atoms with E-state index in [1.54, 1.807) is 0 Å². The van der Waals surface area contributed by atoms with Crippen LogP contribution in [0.5, 0.6) is 0 Å². The lowest BCUT2D eigenvalue weighted by molar-refractivity contribution is -0.408. The molecule has 1 unspecified atom stereocenters. The maximum absolute atomic E-state index is 13.5. The molecule has 168 valence electrons. The van der Waals surface area contributed by atoms with Crippen LogP contribution in [0.2, 0.25) is 0 Å². The molecule has 0 N–H and O–H groups in total. The van der Waals surface area contributed by atoms with Gasteiger partial charge in [0.05, 0.1) is 0 Å². The maximum atomic E-state index is 13.5. The van der Waals surface area contributed by atoms with Gasteiger partial charge in [-0.05, 0) is 6.08 Å². The normalized spacial score (nSPS) is 18.5. The minimum atomic E-state index is -7.76. The Morgan fingerprint density at radius 3 is 0.786 bits per heavy atom. The molecule has 0 fully saturated rings. The summed E-state index contributed by atoms with van der Waals surface area (Å²) in [7, 11) is 0. The summed E-state index contributed by atoms with van der Waals surface area (Å²) in [6.45, 7) is 0. The molecule has 0 aliphatic carbocycles. The van der Waals surface area contributed by atoms with Crippen LogP contribution >= 0.6 is 0 Å². The molecule has 0 aromatic rings. The minimum Gasteiger partial charge on any atom is -0.222 e. The molecule has 0 saturated carbocycles. The van der Waals surface area contributed by atoms with E-state index in [9.17, 15) is 79.0 Å². The average Bonchev–Trinajstić information content (AvgIpc) is 2.30. The van der Waals surface area contributed by atoms with Crippen LogP contribution in [0.1, 0.15) is 0 Å². The number of halogens is 18. The molecule has 0 aliphatic rings. The summed E-state index contributed by atoms with van der Waals surface area (Å²) in [5.74, 6) is -7.76. The molecule has 0 aromatic carbocycles. The van der Waals surface area contributed by atoms with E-state index >= 15 is 0 Å². The number of rotatable bonds is 3. The fraction of sp³-hybridized carbons (Fsp3) is 0.800. The molecule has 1 atom stereocenters. The van der Waals surface area contributed by atoms with Gasteiger partial charge >= 0.3 is 36.8 Å². The molecular formula is C10H2F18. The Morgan fingerprint density at radius 1 is 0.321 bits per heavy atom. The lowest BCUT2D eigenvalue weighted by atomic mass is 9.82. The lowest BCUT2D eigenvalue weighted by Gasteiger charge is -2.38. The van der Waals surface area contributed by atoms with Crippen molar-refractivity contribution in [1.29, 1.82) is 0 Å². The second kappa shape index (κ2) is 6.50. The first-order chi connectivity index (χ1) is 11.7. The third-order valence-corrected chi connectivity index (χ3v) is 3.13. The molecule has 0 aromatic heterocycles. The van der Waals surface area contributed by atoms with Crippen molar-refractivity contribution in [2.45, 2.75) is 42.5 Å². The highest BCUT2D eigenvalue weighted by molar-refractivity contribution is 5.22. The fourth-order valence-corrected chi connectivity index (χ4v) is 1.59.